The number of benzene rings is 2. The van der Waals surface area contributed by atoms with E-state index < -0.39 is 5.97 Å². The van der Waals surface area contributed by atoms with E-state index in [1.807, 2.05) is 41.3 Å². The Bertz CT molecular complexity index is 1020. The topological polar surface area (TPSA) is 71.9 Å². The van der Waals surface area contributed by atoms with Crippen molar-refractivity contribution in [2.45, 2.75) is 25.7 Å². The molecular weight excluding hydrogens is 404 g/mol. The average molecular weight is 425 g/mol. The Hall–Kier alpha value is -3.09. The summed E-state index contributed by atoms with van der Waals surface area (Å²) in [5.41, 5.74) is 2.50. The first-order chi connectivity index (χ1) is 14.6. The standard InChI is InChI=1S/C23H21ClN2O4/c24-19-10-9-17(13-18(19)23(27)28)26(15-16-5-3-11-25-14-16)20-6-1-2-7-21(20)30-22-8-4-12-29-22/h1-3,5-7,9-11,13-14,22H,4,8,12,15H2,(H,27,28). The average Bonchev–Trinajstić information content (AvgIpc) is 3.27. The number of carboxylic acids is 1. The van der Waals surface area contributed by atoms with E-state index in [-0.39, 0.29) is 16.9 Å². The molecule has 0 radical (unpaired) electrons. The number of halogens is 1. The van der Waals surface area contributed by atoms with Gasteiger partial charge in [-0.2, -0.15) is 0 Å². The summed E-state index contributed by atoms with van der Waals surface area (Å²) < 4.78 is 11.8. The summed E-state index contributed by atoms with van der Waals surface area (Å²) in [6, 6.07) is 16.5. The molecule has 1 unspecified atom stereocenters. The van der Waals surface area contributed by atoms with E-state index >= 15 is 0 Å². The minimum Gasteiger partial charge on any atom is -0.478 e. The number of pyridine rings is 1. The lowest BCUT2D eigenvalue weighted by Crippen LogP contribution is -2.20. The molecule has 7 heteroatoms. The zero-order chi connectivity index (χ0) is 20.9. The van der Waals surface area contributed by atoms with E-state index in [1.165, 1.54) is 0 Å². The van der Waals surface area contributed by atoms with Gasteiger partial charge in [0.2, 0.25) is 0 Å². The van der Waals surface area contributed by atoms with Crippen LogP contribution in [0.2, 0.25) is 5.02 Å². The van der Waals surface area contributed by atoms with Gasteiger partial charge in [-0.3, -0.25) is 4.98 Å². The molecule has 3 aromatic rings. The number of ether oxygens (including phenoxy) is 2. The second-order valence-corrected chi connectivity index (χ2v) is 7.35. The maximum atomic E-state index is 11.6. The molecule has 0 spiro atoms. The number of hydrogen-bond donors (Lipinski definition) is 1. The third-order valence-electron chi connectivity index (χ3n) is 4.86. The molecule has 1 N–H and O–H groups in total. The second-order valence-electron chi connectivity index (χ2n) is 6.94. The Morgan fingerprint density at radius 1 is 1.23 bits per heavy atom. The van der Waals surface area contributed by atoms with Gasteiger partial charge in [-0.1, -0.05) is 29.8 Å². The summed E-state index contributed by atoms with van der Waals surface area (Å²) in [5, 5.41) is 9.71. The van der Waals surface area contributed by atoms with Gasteiger partial charge in [0.15, 0.2) is 6.29 Å². The SMILES string of the molecule is O=C(O)c1cc(N(Cc2cccnc2)c2ccccc2OC2CCCO2)ccc1Cl. The molecule has 2 heterocycles. The third-order valence-corrected chi connectivity index (χ3v) is 5.19. The molecule has 154 valence electrons. The Kier molecular flexibility index (Phi) is 6.16. The Labute approximate surface area is 179 Å². The number of carbonyl (C=O) groups is 1. The van der Waals surface area contributed by atoms with Crippen molar-refractivity contribution in [2.75, 3.05) is 11.5 Å². The Morgan fingerprint density at radius 2 is 2.10 bits per heavy atom. The van der Waals surface area contributed by atoms with Crippen LogP contribution < -0.4 is 9.64 Å². The number of carboxylic acid groups (broad SMARTS) is 1. The molecule has 0 bridgehead atoms. The largest absolute Gasteiger partial charge is 0.478 e. The van der Waals surface area contributed by atoms with E-state index in [4.69, 9.17) is 21.1 Å². The van der Waals surface area contributed by atoms with Gasteiger partial charge in [0.1, 0.15) is 5.75 Å². The molecule has 1 aliphatic heterocycles. The van der Waals surface area contributed by atoms with Gasteiger partial charge in [0.25, 0.3) is 0 Å². The van der Waals surface area contributed by atoms with Gasteiger partial charge in [-0.25, -0.2) is 4.79 Å². The molecule has 0 aliphatic carbocycles. The summed E-state index contributed by atoms with van der Waals surface area (Å²) in [6.07, 6.45) is 5.01. The second kappa shape index (κ2) is 9.15. The first-order valence-electron chi connectivity index (χ1n) is 9.68. The van der Waals surface area contributed by atoms with Crippen molar-refractivity contribution in [3.8, 4) is 5.75 Å². The van der Waals surface area contributed by atoms with Crippen LogP contribution in [0.5, 0.6) is 5.75 Å². The first-order valence-corrected chi connectivity index (χ1v) is 10.1. The number of anilines is 2. The lowest BCUT2D eigenvalue weighted by Gasteiger charge is -2.28. The fourth-order valence-electron chi connectivity index (χ4n) is 3.40. The number of rotatable bonds is 7. The maximum Gasteiger partial charge on any atom is 0.337 e. The van der Waals surface area contributed by atoms with Crippen molar-refractivity contribution >= 4 is 28.9 Å². The normalized spacial score (nSPS) is 15.7. The first kappa shape index (κ1) is 20.2. The van der Waals surface area contributed by atoms with E-state index in [1.54, 1.807) is 30.6 Å². The van der Waals surface area contributed by atoms with Crippen molar-refractivity contribution in [2.24, 2.45) is 0 Å². The summed E-state index contributed by atoms with van der Waals surface area (Å²) in [6.45, 7) is 1.16. The smallest absolute Gasteiger partial charge is 0.337 e. The van der Waals surface area contributed by atoms with Crippen LogP contribution in [0.3, 0.4) is 0 Å². The highest BCUT2D eigenvalue weighted by Gasteiger charge is 2.22. The van der Waals surface area contributed by atoms with Crippen LogP contribution in [0, 0.1) is 0 Å². The predicted molar refractivity (Wildman–Crippen MR) is 115 cm³/mol. The van der Waals surface area contributed by atoms with Crippen LogP contribution in [-0.2, 0) is 11.3 Å². The lowest BCUT2D eigenvalue weighted by molar-refractivity contribution is -0.0387. The van der Waals surface area contributed by atoms with Gasteiger partial charge < -0.3 is 19.5 Å². The zero-order valence-electron chi connectivity index (χ0n) is 16.2. The lowest BCUT2D eigenvalue weighted by atomic mass is 10.1. The molecule has 30 heavy (non-hydrogen) atoms. The predicted octanol–water partition coefficient (Wildman–Crippen LogP) is 5.29. The minimum absolute atomic E-state index is 0.0443. The minimum atomic E-state index is -1.08. The molecule has 1 aromatic heterocycles. The van der Waals surface area contributed by atoms with Crippen molar-refractivity contribution in [1.82, 2.24) is 4.98 Å². The molecular formula is C23H21ClN2O4. The Balaban J connectivity index is 1.77. The van der Waals surface area contributed by atoms with Gasteiger partial charge in [0.05, 0.1) is 22.9 Å². The number of hydrogen-bond acceptors (Lipinski definition) is 5. The van der Waals surface area contributed by atoms with Gasteiger partial charge in [0, 0.05) is 31.0 Å². The number of nitrogens with zero attached hydrogens (tertiary/aromatic N) is 2. The van der Waals surface area contributed by atoms with Crippen molar-refractivity contribution in [1.29, 1.82) is 0 Å². The fourth-order valence-corrected chi connectivity index (χ4v) is 3.60. The molecule has 1 aliphatic rings. The van der Waals surface area contributed by atoms with E-state index in [2.05, 4.69) is 4.98 Å². The zero-order valence-corrected chi connectivity index (χ0v) is 17.0. The van der Waals surface area contributed by atoms with Crippen LogP contribution in [-0.4, -0.2) is 29.0 Å². The molecule has 6 nitrogen and oxygen atoms in total. The molecule has 0 saturated carbocycles. The quantitative estimate of drug-likeness (QED) is 0.555. The van der Waals surface area contributed by atoms with Gasteiger partial charge in [-0.05, 0) is 48.4 Å². The van der Waals surface area contributed by atoms with Crippen LogP contribution in [0.25, 0.3) is 0 Å². The Morgan fingerprint density at radius 3 is 2.83 bits per heavy atom. The highest BCUT2D eigenvalue weighted by atomic mass is 35.5. The van der Waals surface area contributed by atoms with Crippen molar-refractivity contribution in [3.05, 3.63) is 83.1 Å². The van der Waals surface area contributed by atoms with E-state index in [9.17, 15) is 9.90 Å². The molecule has 1 saturated heterocycles. The molecule has 0 amide bonds. The van der Waals surface area contributed by atoms with Crippen molar-refractivity contribution in [3.63, 3.8) is 0 Å². The molecule has 1 atom stereocenters. The monoisotopic (exact) mass is 424 g/mol. The highest BCUT2D eigenvalue weighted by molar-refractivity contribution is 6.33. The number of aromatic nitrogens is 1. The summed E-state index contributed by atoms with van der Waals surface area (Å²) in [4.78, 5) is 17.8. The van der Waals surface area contributed by atoms with E-state index in [0.717, 1.165) is 24.1 Å². The summed E-state index contributed by atoms with van der Waals surface area (Å²) in [7, 11) is 0. The van der Waals surface area contributed by atoms with Crippen molar-refractivity contribution < 1.29 is 19.4 Å². The van der Waals surface area contributed by atoms with Crippen LogP contribution in [0.1, 0.15) is 28.8 Å². The molecule has 4 rings (SSSR count). The number of aromatic carboxylic acids is 1. The molecule has 2 aromatic carbocycles. The molecule has 1 fully saturated rings. The highest BCUT2D eigenvalue weighted by Crippen LogP contribution is 2.37. The third kappa shape index (κ3) is 4.56. The van der Waals surface area contributed by atoms with E-state index in [0.29, 0.717) is 24.6 Å². The van der Waals surface area contributed by atoms with Gasteiger partial charge in [-0.15, -0.1) is 0 Å². The van der Waals surface area contributed by atoms with Crippen LogP contribution in [0.15, 0.2) is 67.0 Å². The summed E-state index contributed by atoms with van der Waals surface area (Å²) in [5.74, 6) is -0.410. The summed E-state index contributed by atoms with van der Waals surface area (Å²) >= 11 is 6.10. The van der Waals surface area contributed by atoms with Crippen LogP contribution >= 0.6 is 11.6 Å². The maximum absolute atomic E-state index is 11.6. The fraction of sp³-hybridized carbons (Fsp3) is 0.217. The number of para-hydroxylation sites is 2. The van der Waals surface area contributed by atoms with Crippen LogP contribution in [0.4, 0.5) is 11.4 Å². The van der Waals surface area contributed by atoms with Gasteiger partial charge >= 0.3 is 5.97 Å².